The first-order valence-corrected chi connectivity index (χ1v) is 8.92. The van der Waals surface area contributed by atoms with Gasteiger partial charge >= 0.3 is 0 Å². The maximum absolute atomic E-state index is 13.2. The van der Waals surface area contributed by atoms with Gasteiger partial charge in [0.1, 0.15) is 12.4 Å². The molecule has 1 amide bonds. The summed E-state index contributed by atoms with van der Waals surface area (Å²) >= 11 is 6.09. The minimum atomic E-state index is -0.371. The number of benzene rings is 2. The lowest BCUT2D eigenvalue weighted by molar-refractivity contribution is -0.113. The molecule has 2 heterocycles. The SMILES string of the molecule is CC1=C(C(=O)Nc2cc(Cl)ccc2C)C(c2ccccc2)n2ncnc2N1. The summed E-state index contributed by atoms with van der Waals surface area (Å²) in [6.07, 6.45) is 1.48. The van der Waals surface area contributed by atoms with Crippen molar-refractivity contribution in [3.8, 4) is 0 Å². The smallest absolute Gasteiger partial charge is 0.255 e. The second-order valence-corrected chi connectivity index (χ2v) is 6.85. The molecule has 1 aromatic heterocycles. The van der Waals surface area contributed by atoms with E-state index in [1.165, 1.54) is 6.33 Å². The van der Waals surface area contributed by atoms with E-state index < -0.39 is 0 Å². The third-order valence-electron chi connectivity index (χ3n) is 4.60. The molecule has 0 fully saturated rings. The highest BCUT2D eigenvalue weighted by Gasteiger charge is 2.33. The van der Waals surface area contributed by atoms with Gasteiger partial charge in [0.2, 0.25) is 5.95 Å². The Morgan fingerprint density at radius 1 is 1.19 bits per heavy atom. The van der Waals surface area contributed by atoms with Gasteiger partial charge in [0.15, 0.2) is 0 Å². The zero-order chi connectivity index (χ0) is 19.0. The van der Waals surface area contributed by atoms with Crippen molar-refractivity contribution in [3.63, 3.8) is 0 Å². The minimum Gasteiger partial charge on any atom is -0.328 e. The number of aryl methyl sites for hydroxylation is 1. The van der Waals surface area contributed by atoms with Crippen LogP contribution in [-0.4, -0.2) is 20.7 Å². The van der Waals surface area contributed by atoms with Crippen LogP contribution in [0.3, 0.4) is 0 Å². The number of anilines is 2. The van der Waals surface area contributed by atoms with E-state index in [4.69, 9.17) is 11.6 Å². The third-order valence-corrected chi connectivity index (χ3v) is 4.84. The fourth-order valence-corrected chi connectivity index (χ4v) is 3.42. The van der Waals surface area contributed by atoms with Gasteiger partial charge in [-0.3, -0.25) is 4.79 Å². The molecule has 6 nitrogen and oxygen atoms in total. The zero-order valence-corrected chi connectivity index (χ0v) is 15.7. The van der Waals surface area contributed by atoms with Gasteiger partial charge in [0.05, 0.1) is 5.57 Å². The maximum atomic E-state index is 13.2. The molecule has 136 valence electrons. The lowest BCUT2D eigenvalue weighted by atomic mass is 9.95. The van der Waals surface area contributed by atoms with E-state index in [1.54, 1.807) is 16.8 Å². The van der Waals surface area contributed by atoms with Crippen LogP contribution in [0.5, 0.6) is 0 Å². The Morgan fingerprint density at radius 2 is 1.96 bits per heavy atom. The predicted octanol–water partition coefficient (Wildman–Crippen LogP) is 4.17. The Bertz CT molecular complexity index is 1040. The molecule has 7 heteroatoms. The van der Waals surface area contributed by atoms with Crippen LogP contribution in [0, 0.1) is 6.92 Å². The number of hydrogen-bond donors (Lipinski definition) is 2. The third kappa shape index (κ3) is 3.19. The Kier molecular flexibility index (Phi) is 4.41. The van der Waals surface area contributed by atoms with Crippen LogP contribution >= 0.6 is 11.6 Å². The monoisotopic (exact) mass is 379 g/mol. The molecule has 0 saturated heterocycles. The fourth-order valence-electron chi connectivity index (χ4n) is 3.25. The molecule has 4 rings (SSSR count). The van der Waals surface area contributed by atoms with Crippen molar-refractivity contribution in [2.24, 2.45) is 0 Å². The fraction of sp³-hybridized carbons (Fsp3) is 0.150. The molecule has 2 N–H and O–H groups in total. The quantitative estimate of drug-likeness (QED) is 0.716. The summed E-state index contributed by atoms with van der Waals surface area (Å²) in [5.74, 6) is 0.400. The van der Waals surface area contributed by atoms with E-state index in [9.17, 15) is 4.79 Å². The minimum absolute atomic E-state index is 0.208. The molecule has 0 saturated carbocycles. The van der Waals surface area contributed by atoms with Crippen molar-refractivity contribution < 1.29 is 4.79 Å². The lowest BCUT2D eigenvalue weighted by Gasteiger charge is -2.28. The molecule has 27 heavy (non-hydrogen) atoms. The molecule has 2 aromatic carbocycles. The van der Waals surface area contributed by atoms with Gasteiger partial charge < -0.3 is 10.6 Å². The van der Waals surface area contributed by atoms with Crippen LogP contribution in [0.4, 0.5) is 11.6 Å². The van der Waals surface area contributed by atoms with Crippen molar-refractivity contribution in [2.75, 3.05) is 10.6 Å². The van der Waals surface area contributed by atoms with Crippen molar-refractivity contribution in [2.45, 2.75) is 19.9 Å². The summed E-state index contributed by atoms with van der Waals surface area (Å²) in [5, 5.41) is 11.1. The maximum Gasteiger partial charge on any atom is 0.255 e. The van der Waals surface area contributed by atoms with Gasteiger partial charge in [-0.2, -0.15) is 10.1 Å². The molecule has 3 aromatic rings. The van der Waals surface area contributed by atoms with Crippen molar-refractivity contribution >= 4 is 29.1 Å². The number of carbonyl (C=O) groups is 1. The standard InChI is InChI=1S/C20H18ClN5O/c1-12-8-9-15(21)10-16(12)25-19(27)17-13(2)24-20-22-11-23-26(20)18(17)14-6-4-3-5-7-14/h3-11,18H,1-2H3,(H,25,27)(H,22,23,24). The van der Waals surface area contributed by atoms with E-state index in [0.29, 0.717) is 22.2 Å². The number of allylic oxidation sites excluding steroid dienone is 1. The molecule has 1 aliphatic rings. The molecule has 1 aliphatic heterocycles. The summed E-state index contributed by atoms with van der Waals surface area (Å²) < 4.78 is 1.72. The van der Waals surface area contributed by atoms with Crippen molar-refractivity contribution in [1.29, 1.82) is 0 Å². The van der Waals surface area contributed by atoms with E-state index >= 15 is 0 Å². The van der Waals surface area contributed by atoms with Crippen LogP contribution in [-0.2, 0) is 4.79 Å². The van der Waals surface area contributed by atoms with Gasteiger partial charge in [-0.25, -0.2) is 4.68 Å². The molecule has 0 spiro atoms. The highest BCUT2D eigenvalue weighted by molar-refractivity contribution is 6.31. The molecule has 1 unspecified atom stereocenters. The number of amides is 1. The average Bonchev–Trinajstić information content (AvgIpc) is 3.12. The summed E-state index contributed by atoms with van der Waals surface area (Å²) in [4.78, 5) is 17.5. The van der Waals surface area contributed by atoms with Gasteiger partial charge in [0, 0.05) is 16.4 Å². The first-order valence-electron chi connectivity index (χ1n) is 8.54. The number of rotatable bonds is 3. The number of carbonyl (C=O) groups excluding carboxylic acids is 1. The van der Waals surface area contributed by atoms with E-state index in [-0.39, 0.29) is 11.9 Å². The summed E-state index contributed by atoms with van der Waals surface area (Å²) in [7, 11) is 0. The predicted molar refractivity (Wildman–Crippen MR) is 106 cm³/mol. The lowest BCUT2D eigenvalue weighted by Crippen LogP contribution is -2.31. The highest BCUT2D eigenvalue weighted by atomic mass is 35.5. The number of nitrogens with zero attached hydrogens (tertiary/aromatic N) is 3. The second-order valence-electron chi connectivity index (χ2n) is 6.42. The first kappa shape index (κ1) is 17.3. The zero-order valence-electron chi connectivity index (χ0n) is 14.9. The van der Waals surface area contributed by atoms with Gasteiger partial charge in [0.25, 0.3) is 5.91 Å². The first-order chi connectivity index (χ1) is 13.0. The van der Waals surface area contributed by atoms with Crippen LogP contribution in [0.2, 0.25) is 5.02 Å². The topological polar surface area (TPSA) is 71.8 Å². The molecular formula is C20H18ClN5O. The van der Waals surface area contributed by atoms with E-state index in [1.807, 2.05) is 50.2 Å². The number of hydrogen-bond acceptors (Lipinski definition) is 4. The van der Waals surface area contributed by atoms with Crippen LogP contribution < -0.4 is 10.6 Å². The van der Waals surface area contributed by atoms with Gasteiger partial charge in [-0.05, 0) is 37.1 Å². The molecule has 0 radical (unpaired) electrons. The largest absolute Gasteiger partial charge is 0.328 e. The Balaban J connectivity index is 1.77. The average molecular weight is 380 g/mol. The summed E-state index contributed by atoms with van der Waals surface area (Å²) in [5.41, 5.74) is 3.90. The Morgan fingerprint density at radius 3 is 2.74 bits per heavy atom. The van der Waals surface area contributed by atoms with E-state index in [0.717, 1.165) is 16.8 Å². The van der Waals surface area contributed by atoms with Gasteiger partial charge in [-0.15, -0.1) is 0 Å². The molecule has 0 bridgehead atoms. The number of nitrogens with one attached hydrogen (secondary N) is 2. The molecule has 0 aliphatic carbocycles. The van der Waals surface area contributed by atoms with Crippen LogP contribution in [0.15, 0.2) is 66.1 Å². The second kappa shape index (κ2) is 6.89. The van der Waals surface area contributed by atoms with E-state index in [2.05, 4.69) is 20.7 Å². The van der Waals surface area contributed by atoms with Crippen LogP contribution in [0.1, 0.15) is 24.1 Å². The molecule has 1 atom stereocenters. The Labute approximate surface area is 161 Å². The van der Waals surface area contributed by atoms with Crippen LogP contribution in [0.25, 0.3) is 0 Å². The van der Waals surface area contributed by atoms with Gasteiger partial charge in [-0.1, -0.05) is 48.0 Å². The summed E-state index contributed by atoms with van der Waals surface area (Å²) in [6, 6.07) is 14.8. The Hall–Kier alpha value is -3.12. The van der Waals surface area contributed by atoms with Crippen molar-refractivity contribution in [3.05, 3.63) is 82.3 Å². The summed E-state index contributed by atoms with van der Waals surface area (Å²) in [6.45, 7) is 3.80. The number of fused-ring (bicyclic) bond motifs is 1. The highest BCUT2D eigenvalue weighted by Crippen LogP contribution is 2.35. The van der Waals surface area contributed by atoms with Crippen molar-refractivity contribution in [1.82, 2.24) is 14.8 Å². The number of aromatic nitrogens is 3. The normalized spacial score (nSPS) is 15.9. The number of halogens is 1. The molecular weight excluding hydrogens is 362 g/mol.